The Labute approximate surface area is 151 Å². The summed E-state index contributed by atoms with van der Waals surface area (Å²) in [5.74, 6) is -0.434. The standard InChI is InChI=1S/C19H11N5O3/c25-14-10-15(23-17(26)12-8-4-5-9-13(12)18(23)27)24-19(20-14)21-16(22-24)11-6-2-1-3-7-11/h1-10H,(H,20,21,22,25). The molecule has 0 saturated carbocycles. The fourth-order valence-corrected chi connectivity index (χ4v) is 3.14. The van der Waals surface area contributed by atoms with E-state index in [-0.39, 0.29) is 11.6 Å². The minimum absolute atomic E-state index is 0.0506. The monoisotopic (exact) mass is 357 g/mol. The highest BCUT2D eigenvalue weighted by Gasteiger charge is 2.38. The topological polar surface area (TPSA) is 100 Å². The van der Waals surface area contributed by atoms with Gasteiger partial charge >= 0.3 is 0 Å². The van der Waals surface area contributed by atoms with Gasteiger partial charge in [-0.2, -0.15) is 9.50 Å². The summed E-state index contributed by atoms with van der Waals surface area (Å²) in [7, 11) is 0. The Morgan fingerprint density at radius 1 is 0.815 bits per heavy atom. The summed E-state index contributed by atoms with van der Waals surface area (Å²) < 4.78 is 1.30. The number of carbonyl (C=O) groups excluding carboxylic acids is 2. The molecular formula is C19H11N5O3. The first-order valence-corrected chi connectivity index (χ1v) is 8.17. The Hall–Kier alpha value is -4.07. The van der Waals surface area contributed by atoms with Crippen LogP contribution in [0.15, 0.2) is 65.5 Å². The molecule has 0 spiro atoms. The van der Waals surface area contributed by atoms with Crippen molar-refractivity contribution in [1.82, 2.24) is 19.6 Å². The third kappa shape index (κ3) is 2.20. The van der Waals surface area contributed by atoms with Crippen molar-refractivity contribution in [1.29, 1.82) is 0 Å². The van der Waals surface area contributed by atoms with Gasteiger partial charge in [-0.3, -0.25) is 19.4 Å². The van der Waals surface area contributed by atoms with Gasteiger partial charge in [-0.05, 0) is 12.1 Å². The van der Waals surface area contributed by atoms with Gasteiger partial charge in [0.1, 0.15) is 0 Å². The number of aromatic amines is 1. The highest BCUT2D eigenvalue weighted by molar-refractivity contribution is 6.34. The lowest BCUT2D eigenvalue weighted by Crippen LogP contribution is -2.32. The average Bonchev–Trinajstić information content (AvgIpc) is 3.22. The second kappa shape index (κ2) is 5.46. The minimum Gasteiger partial charge on any atom is -0.291 e. The number of nitrogens with one attached hydrogen (secondary N) is 1. The van der Waals surface area contributed by atoms with Crippen molar-refractivity contribution in [3.8, 4) is 11.4 Å². The summed E-state index contributed by atoms with van der Waals surface area (Å²) in [4.78, 5) is 45.5. The van der Waals surface area contributed by atoms with Crippen molar-refractivity contribution >= 4 is 23.4 Å². The Balaban J connectivity index is 1.73. The third-order valence-corrected chi connectivity index (χ3v) is 4.37. The van der Waals surface area contributed by atoms with Crippen molar-refractivity contribution in [3.63, 3.8) is 0 Å². The summed E-state index contributed by atoms with van der Waals surface area (Å²) in [6, 6.07) is 16.9. The van der Waals surface area contributed by atoms with E-state index in [9.17, 15) is 14.4 Å². The zero-order valence-electron chi connectivity index (χ0n) is 13.8. The molecular weight excluding hydrogens is 346 g/mol. The molecule has 2 aromatic heterocycles. The van der Waals surface area contributed by atoms with Crippen molar-refractivity contribution in [2.75, 3.05) is 4.90 Å². The first-order valence-electron chi connectivity index (χ1n) is 8.17. The maximum absolute atomic E-state index is 12.8. The molecule has 2 aromatic carbocycles. The van der Waals surface area contributed by atoms with Crippen LogP contribution in [0.1, 0.15) is 20.7 Å². The van der Waals surface area contributed by atoms with Crippen LogP contribution in [0.3, 0.4) is 0 Å². The highest BCUT2D eigenvalue weighted by atomic mass is 16.2. The first-order chi connectivity index (χ1) is 13.1. The lowest BCUT2D eigenvalue weighted by atomic mass is 10.1. The number of imide groups is 1. The van der Waals surface area contributed by atoms with Gasteiger partial charge in [0.25, 0.3) is 17.4 Å². The van der Waals surface area contributed by atoms with E-state index in [1.54, 1.807) is 24.3 Å². The average molecular weight is 357 g/mol. The molecule has 0 aliphatic carbocycles. The van der Waals surface area contributed by atoms with Gasteiger partial charge < -0.3 is 0 Å². The molecule has 4 aromatic rings. The largest absolute Gasteiger partial charge is 0.291 e. The van der Waals surface area contributed by atoms with Crippen LogP contribution in [0.2, 0.25) is 0 Å². The van der Waals surface area contributed by atoms with Crippen molar-refractivity contribution < 1.29 is 9.59 Å². The van der Waals surface area contributed by atoms with Gasteiger partial charge in [-0.1, -0.05) is 42.5 Å². The summed E-state index contributed by atoms with van der Waals surface area (Å²) in [6.07, 6.45) is 0. The molecule has 5 rings (SSSR count). The number of aromatic nitrogens is 4. The molecule has 0 radical (unpaired) electrons. The molecule has 2 amide bonds. The van der Waals surface area contributed by atoms with Crippen LogP contribution in [0, 0.1) is 0 Å². The second-order valence-corrected chi connectivity index (χ2v) is 6.02. The number of carbonyl (C=O) groups is 2. The predicted octanol–water partition coefficient (Wildman–Crippen LogP) is 1.89. The van der Waals surface area contributed by atoms with E-state index in [2.05, 4.69) is 15.1 Å². The predicted molar refractivity (Wildman–Crippen MR) is 96.6 cm³/mol. The fraction of sp³-hybridized carbons (Fsp3) is 0. The van der Waals surface area contributed by atoms with E-state index < -0.39 is 17.4 Å². The third-order valence-electron chi connectivity index (χ3n) is 4.37. The number of hydrogen-bond acceptors (Lipinski definition) is 5. The van der Waals surface area contributed by atoms with Crippen molar-refractivity contribution in [2.24, 2.45) is 0 Å². The van der Waals surface area contributed by atoms with Crippen molar-refractivity contribution in [3.05, 3.63) is 82.1 Å². The molecule has 0 saturated heterocycles. The molecule has 3 heterocycles. The second-order valence-electron chi connectivity index (χ2n) is 6.02. The van der Waals surface area contributed by atoms with Crippen molar-refractivity contribution in [2.45, 2.75) is 0 Å². The maximum Gasteiger partial charge on any atom is 0.267 e. The Morgan fingerprint density at radius 3 is 2.11 bits per heavy atom. The molecule has 27 heavy (non-hydrogen) atoms. The molecule has 8 nitrogen and oxygen atoms in total. The van der Waals surface area contributed by atoms with E-state index in [0.29, 0.717) is 17.0 Å². The molecule has 0 fully saturated rings. The first kappa shape index (κ1) is 15.2. The summed E-state index contributed by atoms with van der Waals surface area (Å²) >= 11 is 0. The molecule has 0 bridgehead atoms. The lowest BCUT2D eigenvalue weighted by molar-refractivity contribution is 0.0924. The van der Waals surface area contributed by atoms with Gasteiger partial charge in [-0.25, -0.2) is 4.90 Å². The molecule has 1 aliphatic heterocycles. The van der Waals surface area contributed by atoms with Crippen LogP contribution < -0.4 is 10.5 Å². The zero-order chi connectivity index (χ0) is 18.5. The molecule has 130 valence electrons. The van der Waals surface area contributed by atoms with Crippen LogP contribution in [-0.2, 0) is 0 Å². The normalized spacial score (nSPS) is 13.4. The Bertz CT molecular complexity index is 1250. The number of benzene rings is 2. The Morgan fingerprint density at radius 2 is 1.44 bits per heavy atom. The Kier molecular flexibility index (Phi) is 3.08. The number of fused-ring (bicyclic) bond motifs is 2. The van der Waals surface area contributed by atoms with Crippen LogP contribution in [0.5, 0.6) is 0 Å². The smallest absolute Gasteiger partial charge is 0.267 e. The molecule has 8 heteroatoms. The lowest BCUT2D eigenvalue weighted by Gasteiger charge is -2.13. The number of anilines is 1. The van der Waals surface area contributed by atoms with Gasteiger partial charge in [0.2, 0.25) is 5.78 Å². The van der Waals surface area contributed by atoms with E-state index in [1.807, 2.05) is 30.3 Å². The van der Waals surface area contributed by atoms with Crippen LogP contribution in [-0.4, -0.2) is 31.4 Å². The number of amides is 2. The van der Waals surface area contributed by atoms with Crippen LogP contribution >= 0.6 is 0 Å². The number of rotatable bonds is 2. The summed E-state index contributed by atoms with van der Waals surface area (Å²) in [5.41, 5.74) is 0.843. The van der Waals surface area contributed by atoms with E-state index in [1.165, 1.54) is 4.52 Å². The molecule has 0 unspecified atom stereocenters. The van der Waals surface area contributed by atoms with E-state index in [0.717, 1.165) is 16.5 Å². The molecule has 1 aliphatic rings. The summed E-state index contributed by atoms with van der Waals surface area (Å²) in [5, 5.41) is 4.39. The zero-order valence-corrected chi connectivity index (χ0v) is 13.8. The fourth-order valence-electron chi connectivity index (χ4n) is 3.14. The number of H-pyrrole nitrogens is 1. The number of nitrogens with zero attached hydrogens (tertiary/aromatic N) is 4. The number of hydrogen-bond donors (Lipinski definition) is 1. The maximum atomic E-state index is 12.8. The SMILES string of the molecule is O=C1c2ccccc2C(=O)N1c1cc(=O)[nH]c2nc(-c3ccccc3)nn12. The van der Waals surface area contributed by atoms with Gasteiger partial charge in [-0.15, -0.1) is 5.10 Å². The van der Waals surface area contributed by atoms with Gasteiger partial charge in [0, 0.05) is 11.6 Å². The molecule has 1 N–H and O–H groups in total. The van der Waals surface area contributed by atoms with E-state index >= 15 is 0 Å². The van der Waals surface area contributed by atoms with Crippen LogP contribution in [0.25, 0.3) is 17.2 Å². The minimum atomic E-state index is -0.501. The summed E-state index contributed by atoms with van der Waals surface area (Å²) in [6.45, 7) is 0. The van der Waals surface area contributed by atoms with E-state index in [4.69, 9.17) is 0 Å². The molecule has 0 atom stereocenters. The van der Waals surface area contributed by atoms with Crippen LogP contribution in [0.4, 0.5) is 5.82 Å². The highest BCUT2D eigenvalue weighted by Crippen LogP contribution is 2.28. The van der Waals surface area contributed by atoms with Gasteiger partial charge in [0.15, 0.2) is 11.6 Å². The quantitative estimate of drug-likeness (QED) is 0.552. The van der Waals surface area contributed by atoms with Gasteiger partial charge in [0.05, 0.1) is 11.1 Å².